The minimum Gasteiger partial charge on any atom is -0.309 e. The Morgan fingerprint density at radius 1 is 0.396 bits per heavy atom. The molecule has 7 aromatic rings. The van der Waals surface area contributed by atoms with E-state index in [1.165, 1.54) is 66.9 Å². The summed E-state index contributed by atoms with van der Waals surface area (Å²) < 4.78 is 0. The van der Waals surface area contributed by atoms with Crippen molar-refractivity contribution in [2.75, 3.05) is 4.90 Å². The lowest BCUT2D eigenvalue weighted by atomic mass is 9.74. The Hall–Kier alpha value is -5.66. The zero-order valence-corrected chi connectivity index (χ0v) is 27.6. The van der Waals surface area contributed by atoms with Gasteiger partial charge < -0.3 is 4.90 Å². The summed E-state index contributed by atoms with van der Waals surface area (Å²) in [6.45, 7) is 7.13. The normalized spacial score (nSPS) is 16.5. The lowest BCUT2D eigenvalue weighted by molar-refractivity contribution is 0.660. The smallest absolute Gasteiger partial charge is 0.0543 e. The van der Waals surface area contributed by atoms with Crippen molar-refractivity contribution in [2.45, 2.75) is 31.6 Å². The van der Waals surface area contributed by atoms with Crippen LogP contribution in [-0.4, -0.2) is 0 Å². The van der Waals surface area contributed by atoms with Gasteiger partial charge in [-0.05, 0) is 81.3 Å². The maximum absolute atomic E-state index is 2.52. The quantitative estimate of drug-likeness (QED) is 0.186. The van der Waals surface area contributed by atoms with Crippen LogP contribution < -0.4 is 4.90 Å². The van der Waals surface area contributed by atoms with E-state index in [1.807, 2.05) is 0 Å². The average Bonchev–Trinajstić information content (AvgIpc) is 3.55. The molecule has 0 fully saturated rings. The lowest BCUT2D eigenvalue weighted by Crippen LogP contribution is -2.22. The molecule has 1 nitrogen and oxygen atoms in total. The predicted octanol–water partition coefficient (Wildman–Crippen LogP) is 12.5. The topological polar surface area (TPSA) is 3.24 Å². The molecular weight excluding hydrogens is 579 g/mol. The van der Waals surface area contributed by atoms with E-state index in [-0.39, 0.29) is 10.8 Å². The van der Waals surface area contributed by atoms with Crippen molar-refractivity contribution in [1.82, 2.24) is 0 Å². The Balaban J connectivity index is 1.34. The molecule has 0 N–H and O–H groups in total. The number of hydrogen-bond acceptors (Lipinski definition) is 1. The molecule has 230 valence electrons. The van der Waals surface area contributed by atoms with Crippen molar-refractivity contribution in [1.29, 1.82) is 0 Å². The third-order valence-electron chi connectivity index (χ3n) is 11.0. The lowest BCUT2D eigenvalue weighted by Gasteiger charge is -2.32. The van der Waals surface area contributed by atoms with Crippen LogP contribution in [0.3, 0.4) is 0 Å². The molecule has 0 heterocycles. The van der Waals surface area contributed by atoms with Gasteiger partial charge >= 0.3 is 0 Å². The first-order chi connectivity index (χ1) is 23.5. The standard InChI is InChI=1S/C47H37N/c1-46(2)39-24-13-10-22-36(39)37-30-29-34(31-42(37)46)48(43-27-15-12-21-35(43)32-17-6-4-7-18-32)44-28-16-26-41-45(44)38-23-11-14-25-40(38)47(41,3)33-19-8-5-9-20-33/h4-31H,1-3H3. The van der Waals surface area contributed by atoms with Gasteiger partial charge in [-0.3, -0.25) is 0 Å². The van der Waals surface area contributed by atoms with E-state index >= 15 is 0 Å². The first-order valence-corrected chi connectivity index (χ1v) is 17.0. The summed E-state index contributed by atoms with van der Waals surface area (Å²) in [6, 6.07) is 62.6. The molecule has 0 aromatic heterocycles. The van der Waals surface area contributed by atoms with Crippen molar-refractivity contribution in [3.05, 3.63) is 198 Å². The number of anilines is 3. The molecule has 1 atom stereocenters. The van der Waals surface area contributed by atoms with E-state index < -0.39 is 0 Å². The highest BCUT2D eigenvalue weighted by molar-refractivity contribution is 5.99. The summed E-state index contributed by atoms with van der Waals surface area (Å²) in [7, 11) is 0. The molecule has 1 heteroatoms. The highest BCUT2D eigenvalue weighted by atomic mass is 15.1. The Morgan fingerprint density at radius 3 is 1.73 bits per heavy atom. The molecule has 2 aliphatic carbocycles. The van der Waals surface area contributed by atoms with Crippen LogP contribution in [0.2, 0.25) is 0 Å². The van der Waals surface area contributed by atoms with Crippen molar-refractivity contribution >= 4 is 17.1 Å². The van der Waals surface area contributed by atoms with Gasteiger partial charge in [0, 0.05) is 27.6 Å². The third-order valence-corrected chi connectivity index (χ3v) is 11.0. The predicted molar refractivity (Wildman–Crippen MR) is 202 cm³/mol. The summed E-state index contributed by atoms with van der Waals surface area (Å²) in [6.07, 6.45) is 0. The molecular formula is C47H37N. The van der Waals surface area contributed by atoms with Crippen molar-refractivity contribution in [3.63, 3.8) is 0 Å². The van der Waals surface area contributed by atoms with Crippen molar-refractivity contribution < 1.29 is 0 Å². The van der Waals surface area contributed by atoms with Crippen LogP contribution in [-0.2, 0) is 10.8 Å². The number of benzene rings is 7. The van der Waals surface area contributed by atoms with Crippen LogP contribution in [0.4, 0.5) is 17.1 Å². The summed E-state index contributed by atoms with van der Waals surface area (Å²) in [4.78, 5) is 2.52. The van der Waals surface area contributed by atoms with Crippen LogP contribution >= 0.6 is 0 Å². The first kappa shape index (κ1) is 28.6. The molecule has 7 aromatic carbocycles. The fourth-order valence-electron chi connectivity index (χ4n) is 8.56. The van der Waals surface area contributed by atoms with Gasteiger partial charge in [-0.1, -0.05) is 159 Å². The van der Waals surface area contributed by atoms with Crippen LogP contribution in [0.5, 0.6) is 0 Å². The number of rotatable bonds is 5. The van der Waals surface area contributed by atoms with Gasteiger partial charge in [0.25, 0.3) is 0 Å². The monoisotopic (exact) mass is 615 g/mol. The Morgan fingerprint density at radius 2 is 0.958 bits per heavy atom. The van der Waals surface area contributed by atoms with E-state index in [0.29, 0.717) is 0 Å². The summed E-state index contributed by atoms with van der Waals surface area (Å²) >= 11 is 0. The van der Waals surface area contributed by atoms with Gasteiger partial charge in [-0.25, -0.2) is 0 Å². The largest absolute Gasteiger partial charge is 0.309 e. The summed E-state index contributed by atoms with van der Waals surface area (Å²) in [5.74, 6) is 0. The number of para-hydroxylation sites is 1. The van der Waals surface area contributed by atoms with Crippen LogP contribution in [0.1, 0.15) is 48.6 Å². The highest BCUT2D eigenvalue weighted by Gasteiger charge is 2.43. The van der Waals surface area contributed by atoms with Crippen LogP contribution in [0, 0.1) is 0 Å². The van der Waals surface area contributed by atoms with E-state index in [1.54, 1.807) is 0 Å². The van der Waals surface area contributed by atoms with Gasteiger partial charge in [0.2, 0.25) is 0 Å². The molecule has 0 bridgehead atoms. The first-order valence-electron chi connectivity index (χ1n) is 17.0. The Bertz CT molecular complexity index is 2330. The van der Waals surface area contributed by atoms with Gasteiger partial charge in [-0.2, -0.15) is 0 Å². The molecule has 9 rings (SSSR count). The second-order valence-electron chi connectivity index (χ2n) is 13.9. The van der Waals surface area contributed by atoms with Crippen LogP contribution in [0.25, 0.3) is 33.4 Å². The fraction of sp³-hybridized carbons (Fsp3) is 0.106. The molecule has 0 radical (unpaired) electrons. The summed E-state index contributed by atoms with van der Waals surface area (Å²) in [5, 5.41) is 0. The molecule has 48 heavy (non-hydrogen) atoms. The van der Waals surface area contributed by atoms with E-state index in [9.17, 15) is 0 Å². The third kappa shape index (κ3) is 4.04. The van der Waals surface area contributed by atoms with E-state index in [2.05, 4.69) is 196 Å². The minimum atomic E-state index is -0.282. The maximum atomic E-state index is 2.52. The fourth-order valence-corrected chi connectivity index (χ4v) is 8.56. The second-order valence-corrected chi connectivity index (χ2v) is 13.9. The number of nitrogens with zero attached hydrogens (tertiary/aromatic N) is 1. The van der Waals surface area contributed by atoms with Gasteiger partial charge in [-0.15, -0.1) is 0 Å². The molecule has 0 spiro atoms. The van der Waals surface area contributed by atoms with Crippen LogP contribution in [0.15, 0.2) is 170 Å². The van der Waals surface area contributed by atoms with E-state index in [4.69, 9.17) is 0 Å². The molecule has 0 aliphatic heterocycles. The molecule has 2 aliphatic rings. The summed E-state index contributed by atoms with van der Waals surface area (Å²) in [5.41, 5.74) is 17.5. The highest BCUT2D eigenvalue weighted by Crippen LogP contribution is 2.58. The van der Waals surface area contributed by atoms with Gasteiger partial charge in [0.15, 0.2) is 0 Å². The van der Waals surface area contributed by atoms with Gasteiger partial charge in [0.05, 0.1) is 11.4 Å². The number of hydrogen-bond donors (Lipinski definition) is 0. The Labute approximate surface area is 283 Å². The Kier molecular flexibility index (Phi) is 6.36. The van der Waals surface area contributed by atoms with Crippen molar-refractivity contribution in [2.24, 2.45) is 0 Å². The number of fused-ring (bicyclic) bond motifs is 6. The molecule has 0 saturated carbocycles. The second kappa shape index (κ2) is 10.7. The molecule has 0 amide bonds. The minimum absolute atomic E-state index is 0.107. The average molecular weight is 616 g/mol. The molecule has 0 saturated heterocycles. The zero-order chi connectivity index (χ0) is 32.5. The van der Waals surface area contributed by atoms with Crippen molar-refractivity contribution in [3.8, 4) is 33.4 Å². The molecule has 1 unspecified atom stereocenters. The van der Waals surface area contributed by atoms with Gasteiger partial charge in [0.1, 0.15) is 0 Å². The van der Waals surface area contributed by atoms with E-state index in [0.717, 1.165) is 11.4 Å². The maximum Gasteiger partial charge on any atom is 0.0543 e. The zero-order valence-electron chi connectivity index (χ0n) is 27.6. The SMILES string of the molecule is CC1(C)c2ccccc2-c2ccc(N(c3ccccc3-c3ccccc3)c3cccc4c3-c3ccccc3C4(C)c3ccccc3)cc21.